The number of nitrogens with one attached hydrogen (secondary N) is 1. The molecule has 1 aliphatic rings. The molecule has 5 heteroatoms. The monoisotopic (exact) mass is 353 g/mol. The van der Waals surface area contributed by atoms with Crippen molar-refractivity contribution in [3.63, 3.8) is 0 Å². The third kappa shape index (κ3) is 4.92. The van der Waals surface area contributed by atoms with Gasteiger partial charge in [0, 0.05) is 42.9 Å². The molecule has 1 heterocycles. The number of nitrogens with zero attached hydrogens (tertiary/aromatic N) is 2. The van der Waals surface area contributed by atoms with E-state index < -0.39 is 0 Å². The van der Waals surface area contributed by atoms with Crippen LogP contribution in [0.1, 0.15) is 20.3 Å². The van der Waals surface area contributed by atoms with E-state index in [1.807, 2.05) is 4.90 Å². The molecule has 21 heavy (non-hydrogen) atoms. The predicted octanol–water partition coefficient (Wildman–Crippen LogP) is 3.33. The van der Waals surface area contributed by atoms with Crippen LogP contribution in [0.2, 0.25) is 0 Å². The zero-order valence-corrected chi connectivity index (χ0v) is 14.4. The number of carbonyl (C=O) groups is 1. The molecular formula is C16H24BrN3O. The molecule has 1 fully saturated rings. The lowest BCUT2D eigenvalue weighted by Crippen LogP contribution is -2.52. The van der Waals surface area contributed by atoms with E-state index in [9.17, 15) is 4.79 Å². The van der Waals surface area contributed by atoms with Gasteiger partial charge in [-0.15, -0.1) is 0 Å². The molecule has 4 nitrogen and oxygen atoms in total. The zero-order chi connectivity index (χ0) is 15.2. The average Bonchev–Trinajstić information content (AvgIpc) is 2.48. The second kappa shape index (κ2) is 7.69. The Morgan fingerprint density at radius 1 is 1.19 bits per heavy atom. The smallest absolute Gasteiger partial charge is 0.317 e. The third-order valence-corrected chi connectivity index (χ3v) is 4.29. The molecule has 0 saturated carbocycles. The van der Waals surface area contributed by atoms with E-state index in [4.69, 9.17) is 0 Å². The summed E-state index contributed by atoms with van der Waals surface area (Å²) in [6, 6.07) is 8.41. The van der Waals surface area contributed by atoms with Crippen molar-refractivity contribution >= 4 is 27.6 Å². The van der Waals surface area contributed by atoms with Crippen molar-refractivity contribution in [1.29, 1.82) is 0 Å². The molecule has 1 aromatic carbocycles. The quantitative estimate of drug-likeness (QED) is 0.900. The number of halogens is 1. The third-order valence-electron chi connectivity index (χ3n) is 3.76. The Morgan fingerprint density at radius 2 is 1.81 bits per heavy atom. The van der Waals surface area contributed by atoms with Gasteiger partial charge in [0.15, 0.2) is 0 Å². The molecule has 2 amide bonds. The fraction of sp³-hybridized carbons (Fsp3) is 0.562. The van der Waals surface area contributed by atoms with Crippen LogP contribution in [-0.2, 0) is 0 Å². The van der Waals surface area contributed by atoms with Crippen LogP contribution in [-0.4, -0.2) is 43.7 Å². The number of amides is 2. The summed E-state index contributed by atoms with van der Waals surface area (Å²) < 4.78 is 1.09. The van der Waals surface area contributed by atoms with Gasteiger partial charge in [0.2, 0.25) is 0 Å². The van der Waals surface area contributed by atoms with E-state index >= 15 is 0 Å². The molecule has 2 rings (SSSR count). The summed E-state index contributed by atoms with van der Waals surface area (Å²) in [5, 5.41) is 3.01. The Morgan fingerprint density at radius 3 is 2.38 bits per heavy atom. The molecule has 0 spiro atoms. The summed E-state index contributed by atoms with van der Waals surface area (Å²) in [5.41, 5.74) is 1.22. The van der Waals surface area contributed by atoms with Crippen molar-refractivity contribution in [3.8, 4) is 0 Å². The van der Waals surface area contributed by atoms with E-state index in [-0.39, 0.29) is 6.03 Å². The van der Waals surface area contributed by atoms with Gasteiger partial charge < -0.3 is 15.1 Å². The zero-order valence-electron chi connectivity index (χ0n) is 12.8. The molecule has 0 atom stereocenters. The van der Waals surface area contributed by atoms with Crippen molar-refractivity contribution in [2.24, 2.45) is 5.92 Å². The first-order valence-corrected chi connectivity index (χ1v) is 8.39. The van der Waals surface area contributed by atoms with Crippen molar-refractivity contribution in [3.05, 3.63) is 28.7 Å². The van der Waals surface area contributed by atoms with Crippen LogP contribution in [0.25, 0.3) is 0 Å². The fourth-order valence-corrected chi connectivity index (χ4v) is 2.66. The first-order valence-electron chi connectivity index (χ1n) is 7.59. The number of urea groups is 1. The van der Waals surface area contributed by atoms with E-state index in [1.54, 1.807) is 0 Å². The predicted molar refractivity (Wildman–Crippen MR) is 90.8 cm³/mol. The molecule has 0 aromatic heterocycles. The fourth-order valence-electron chi connectivity index (χ4n) is 2.40. The molecule has 0 aliphatic carbocycles. The number of rotatable bonds is 4. The number of benzene rings is 1. The molecule has 1 saturated heterocycles. The van der Waals surface area contributed by atoms with Gasteiger partial charge in [-0.25, -0.2) is 4.79 Å². The van der Waals surface area contributed by atoms with Gasteiger partial charge in [0.05, 0.1) is 0 Å². The molecule has 0 radical (unpaired) electrons. The molecular weight excluding hydrogens is 330 g/mol. The van der Waals surface area contributed by atoms with Crippen molar-refractivity contribution in [1.82, 2.24) is 10.2 Å². The highest BCUT2D eigenvalue weighted by Gasteiger charge is 2.20. The van der Waals surface area contributed by atoms with Crippen molar-refractivity contribution < 1.29 is 4.79 Å². The minimum atomic E-state index is 0.0751. The summed E-state index contributed by atoms with van der Waals surface area (Å²) in [6.45, 7) is 8.45. The minimum absolute atomic E-state index is 0.0751. The van der Waals surface area contributed by atoms with E-state index in [2.05, 4.69) is 64.3 Å². The molecule has 1 aromatic rings. The highest BCUT2D eigenvalue weighted by molar-refractivity contribution is 9.10. The van der Waals surface area contributed by atoms with Crippen LogP contribution in [0, 0.1) is 5.92 Å². The summed E-state index contributed by atoms with van der Waals surface area (Å²) >= 11 is 3.45. The van der Waals surface area contributed by atoms with Gasteiger partial charge in [0.25, 0.3) is 0 Å². The van der Waals surface area contributed by atoms with Crippen LogP contribution in [0.5, 0.6) is 0 Å². The average molecular weight is 354 g/mol. The van der Waals surface area contributed by atoms with Gasteiger partial charge in [-0.2, -0.15) is 0 Å². The van der Waals surface area contributed by atoms with Crippen LogP contribution < -0.4 is 10.2 Å². The number of hydrogen-bond acceptors (Lipinski definition) is 2. The van der Waals surface area contributed by atoms with Gasteiger partial charge in [-0.05, 0) is 36.6 Å². The summed E-state index contributed by atoms with van der Waals surface area (Å²) in [4.78, 5) is 16.3. The second-order valence-electron chi connectivity index (χ2n) is 5.86. The lowest BCUT2D eigenvalue weighted by Gasteiger charge is -2.36. The lowest BCUT2D eigenvalue weighted by molar-refractivity contribution is 0.194. The molecule has 0 unspecified atom stereocenters. The molecule has 0 bridgehead atoms. The number of hydrogen-bond donors (Lipinski definition) is 1. The van der Waals surface area contributed by atoms with Gasteiger partial charge in [-0.3, -0.25) is 0 Å². The number of carbonyl (C=O) groups excluding carboxylic acids is 1. The number of piperazine rings is 1. The molecule has 1 aliphatic heterocycles. The largest absolute Gasteiger partial charge is 0.368 e. The summed E-state index contributed by atoms with van der Waals surface area (Å²) in [6.07, 6.45) is 1.03. The van der Waals surface area contributed by atoms with Crippen LogP contribution in [0.15, 0.2) is 28.7 Å². The highest BCUT2D eigenvalue weighted by atomic mass is 79.9. The maximum atomic E-state index is 12.1. The Balaban J connectivity index is 1.77. The van der Waals surface area contributed by atoms with Crippen molar-refractivity contribution in [2.75, 3.05) is 37.6 Å². The highest BCUT2D eigenvalue weighted by Crippen LogP contribution is 2.19. The number of anilines is 1. The first kappa shape index (κ1) is 16.1. The first-order chi connectivity index (χ1) is 10.1. The summed E-state index contributed by atoms with van der Waals surface area (Å²) in [7, 11) is 0. The van der Waals surface area contributed by atoms with Crippen LogP contribution >= 0.6 is 15.9 Å². The van der Waals surface area contributed by atoms with E-state index in [0.29, 0.717) is 5.92 Å². The topological polar surface area (TPSA) is 35.6 Å². The van der Waals surface area contributed by atoms with E-state index in [1.165, 1.54) is 5.69 Å². The molecule has 116 valence electrons. The van der Waals surface area contributed by atoms with Crippen molar-refractivity contribution in [2.45, 2.75) is 20.3 Å². The standard InChI is InChI=1S/C16H24BrN3O/c1-13(2)7-8-18-16(21)20-11-9-19(10-12-20)15-5-3-14(17)4-6-15/h3-6,13H,7-12H2,1-2H3,(H,18,21). The summed E-state index contributed by atoms with van der Waals surface area (Å²) in [5.74, 6) is 0.625. The van der Waals surface area contributed by atoms with Gasteiger partial charge >= 0.3 is 6.03 Å². The Bertz CT molecular complexity index is 453. The Hall–Kier alpha value is -1.23. The SMILES string of the molecule is CC(C)CCNC(=O)N1CCN(c2ccc(Br)cc2)CC1. The maximum absolute atomic E-state index is 12.1. The van der Waals surface area contributed by atoms with E-state index in [0.717, 1.165) is 43.6 Å². The van der Waals surface area contributed by atoms with Crippen LogP contribution in [0.3, 0.4) is 0 Å². The Labute approximate surface area is 135 Å². The lowest BCUT2D eigenvalue weighted by atomic mass is 10.1. The normalized spacial score (nSPS) is 15.4. The second-order valence-corrected chi connectivity index (χ2v) is 6.78. The maximum Gasteiger partial charge on any atom is 0.317 e. The van der Waals surface area contributed by atoms with Gasteiger partial charge in [0.1, 0.15) is 0 Å². The van der Waals surface area contributed by atoms with Crippen LogP contribution in [0.4, 0.5) is 10.5 Å². The Kier molecular flexibility index (Phi) is 5.91. The molecule has 1 N–H and O–H groups in total. The minimum Gasteiger partial charge on any atom is -0.368 e. The van der Waals surface area contributed by atoms with Gasteiger partial charge in [-0.1, -0.05) is 29.8 Å².